The molecule has 0 spiro atoms. The number of rotatable bonds is 1. The summed E-state index contributed by atoms with van der Waals surface area (Å²) in [7, 11) is 0. The molecule has 4 aliphatic carbocycles. The smallest absolute Gasteiger partial charge is 0.0701 e. The van der Waals surface area contributed by atoms with E-state index in [-0.39, 0.29) is 11.0 Å². The van der Waals surface area contributed by atoms with E-state index in [2.05, 4.69) is 26.8 Å². The summed E-state index contributed by atoms with van der Waals surface area (Å²) in [4.78, 5) is 0. The highest BCUT2D eigenvalue weighted by Crippen LogP contribution is 2.67. The minimum absolute atomic E-state index is 0.180. The lowest BCUT2D eigenvalue weighted by Gasteiger charge is -2.58. The van der Waals surface area contributed by atoms with E-state index in [4.69, 9.17) is 0 Å². The van der Waals surface area contributed by atoms with Gasteiger partial charge < -0.3 is 5.11 Å². The second-order valence-electron chi connectivity index (χ2n) is 9.35. The molecule has 0 unspecified atom stereocenters. The Morgan fingerprint density at radius 2 is 1.86 bits per heavy atom. The maximum absolute atomic E-state index is 11.2. The average Bonchev–Trinajstić information content (AvgIpc) is 2.79. The van der Waals surface area contributed by atoms with Crippen LogP contribution in [0.25, 0.3) is 0 Å². The molecule has 0 aliphatic heterocycles. The van der Waals surface area contributed by atoms with E-state index in [0.717, 1.165) is 30.6 Å². The molecule has 3 fully saturated rings. The lowest BCUT2D eigenvalue weighted by molar-refractivity contribution is -0.124. The van der Waals surface area contributed by atoms with Gasteiger partial charge in [0.1, 0.15) is 0 Å². The van der Waals surface area contributed by atoms with Gasteiger partial charge in [0, 0.05) is 0 Å². The van der Waals surface area contributed by atoms with E-state index in [1.807, 2.05) is 0 Å². The molecule has 1 N–H and O–H groups in total. The minimum atomic E-state index is -0.389. The lowest BCUT2D eigenvalue weighted by atomic mass is 9.47. The molecule has 4 aliphatic rings. The van der Waals surface area contributed by atoms with Gasteiger partial charge in [-0.2, -0.15) is 0 Å². The van der Waals surface area contributed by atoms with E-state index < -0.39 is 0 Å². The summed E-state index contributed by atoms with van der Waals surface area (Å²) in [5.41, 5.74) is 2.08. The molecular formula is C21H34O. The van der Waals surface area contributed by atoms with Crippen LogP contribution < -0.4 is 0 Å². The maximum Gasteiger partial charge on any atom is 0.0701 e. The predicted molar refractivity (Wildman–Crippen MR) is 91.6 cm³/mol. The van der Waals surface area contributed by atoms with Crippen LogP contribution in [-0.4, -0.2) is 10.7 Å². The number of fused-ring (bicyclic) bond motifs is 5. The van der Waals surface area contributed by atoms with Crippen molar-refractivity contribution in [2.75, 3.05) is 0 Å². The van der Waals surface area contributed by atoms with Crippen molar-refractivity contribution >= 4 is 0 Å². The van der Waals surface area contributed by atoms with Gasteiger partial charge in [0.25, 0.3) is 0 Å². The Bertz CT molecular complexity index is 494. The SMILES string of the molecule is CC[C@@]1(O)CC[C@H]2[C@@H]3CC=C4CCCC[C@]4(C)[C@H]3CC[C@@]21C. The molecule has 124 valence electrons. The molecule has 3 saturated carbocycles. The average molecular weight is 303 g/mol. The Labute approximate surface area is 136 Å². The summed E-state index contributed by atoms with van der Waals surface area (Å²) < 4.78 is 0. The van der Waals surface area contributed by atoms with E-state index >= 15 is 0 Å². The monoisotopic (exact) mass is 302 g/mol. The van der Waals surface area contributed by atoms with Gasteiger partial charge in [-0.15, -0.1) is 0 Å². The van der Waals surface area contributed by atoms with Crippen LogP contribution in [0, 0.1) is 28.6 Å². The number of allylic oxidation sites excluding steroid dienone is 2. The third-order valence-corrected chi connectivity index (χ3v) is 8.92. The highest BCUT2D eigenvalue weighted by molar-refractivity contribution is 5.25. The summed E-state index contributed by atoms with van der Waals surface area (Å²) in [5, 5.41) is 11.2. The van der Waals surface area contributed by atoms with Gasteiger partial charge in [0.15, 0.2) is 0 Å². The van der Waals surface area contributed by atoms with Gasteiger partial charge in [-0.05, 0) is 86.4 Å². The molecule has 0 heterocycles. The van der Waals surface area contributed by atoms with Crippen molar-refractivity contribution < 1.29 is 5.11 Å². The molecule has 4 rings (SSSR count). The topological polar surface area (TPSA) is 20.2 Å². The van der Waals surface area contributed by atoms with Gasteiger partial charge in [-0.1, -0.05) is 38.8 Å². The summed E-state index contributed by atoms with van der Waals surface area (Å²) >= 11 is 0. The van der Waals surface area contributed by atoms with Crippen LogP contribution in [0.15, 0.2) is 11.6 Å². The van der Waals surface area contributed by atoms with Crippen molar-refractivity contribution in [3.05, 3.63) is 11.6 Å². The fraction of sp³-hybridized carbons (Fsp3) is 0.905. The van der Waals surface area contributed by atoms with E-state index in [1.165, 1.54) is 51.4 Å². The molecule has 0 aromatic carbocycles. The van der Waals surface area contributed by atoms with E-state index in [0.29, 0.717) is 5.41 Å². The fourth-order valence-corrected chi connectivity index (χ4v) is 7.39. The van der Waals surface area contributed by atoms with Gasteiger partial charge in [-0.3, -0.25) is 0 Å². The third kappa shape index (κ3) is 1.75. The molecule has 0 radical (unpaired) electrons. The molecule has 0 saturated heterocycles. The van der Waals surface area contributed by atoms with Crippen LogP contribution in [0.2, 0.25) is 0 Å². The van der Waals surface area contributed by atoms with Crippen LogP contribution in [0.5, 0.6) is 0 Å². The zero-order valence-electron chi connectivity index (χ0n) is 14.8. The number of aliphatic hydroxyl groups is 1. The van der Waals surface area contributed by atoms with Crippen molar-refractivity contribution in [2.45, 2.75) is 90.6 Å². The first-order valence-electron chi connectivity index (χ1n) is 9.86. The second-order valence-corrected chi connectivity index (χ2v) is 9.35. The minimum Gasteiger partial charge on any atom is -0.389 e. The Morgan fingerprint density at radius 1 is 1.09 bits per heavy atom. The Morgan fingerprint density at radius 3 is 2.64 bits per heavy atom. The van der Waals surface area contributed by atoms with Crippen LogP contribution >= 0.6 is 0 Å². The van der Waals surface area contributed by atoms with Crippen molar-refractivity contribution in [1.82, 2.24) is 0 Å². The quantitative estimate of drug-likeness (QED) is 0.636. The van der Waals surface area contributed by atoms with Gasteiger partial charge in [-0.25, -0.2) is 0 Å². The highest BCUT2D eigenvalue weighted by Gasteiger charge is 2.62. The Balaban J connectivity index is 1.69. The third-order valence-electron chi connectivity index (χ3n) is 8.92. The van der Waals surface area contributed by atoms with Crippen molar-refractivity contribution in [3.8, 4) is 0 Å². The van der Waals surface area contributed by atoms with Gasteiger partial charge >= 0.3 is 0 Å². The largest absolute Gasteiger partial charge is 0.389 e. The van der Waals surface area contributed by atoms with Crippen molar-refractivity contribution in [3.63, 3.8) is 0 Å². The normalized spacial score (nSPS) is 54.2. The van der Waals surface area contributed by atoms with Crippen LogP contribution in [0.3, 0.4) is 0 Å². The Hall–Kier alpha value is -0.300. The van der Waals surface area contributed by atoms with Crippen LogP contribution in [0.1, 0.15) is 85.0 Å². The summed E-state index contributed by atoms with van der Waals surface area (Å²) in [6.45, 7) is 7.20. The highest BCUT2D eigenvalue weighted by atomic mass is 16.3. The van der Waals surface area contributed by atoms with E-state index in [9.17, 15) is 5.11 Å². The molecular weight excluding hydrogens is 268 g/mol. The molecule has 6 atom stereocenters. The van der Waals surface area contributed by atoms with Crippen LogP contribution in [-0.2, 0) is 0 Å². The molecule has 22 heavy (non-hydrogen) atoms. The fourth-order valence-electron chi connectivity index (χ4n) is 7.39. The first kappa shape index (κ1) is 15.2. The predicted octanol–water partition coefficient (Wildman–Crippen LogP) is 5.48. The lowest BCUT2D eigenvalue weighted by Crippen LogP contribution is -2.54. The van der Waals surface area contributed by atoms with Gasteiger partial charge in [0.2, 0.25) is 0 Å². The molecule has 0 aromatic heterocycles. The zero-order valence-corrected chi connectivity index (χ0v) is 14.8. The summed E-state index contributed by atoms with van der Waals surface area (Å²) in [5.74, 6) is 2.49. The second kappa shape index (κ2) is 4.85. The summed E-state index contributed by atoms with van der Waals surface area (Å²) in [6.07, 6.45) is 15.4. The zero-order chi connectivity index (χ0) is 15.6. The standard InChI is InChI=1S/C21H34O/c1-4-21(22)14-11-18-16-9-8-15-7-5-6-12-19(15,2)17(16)10-13-20(18,21)3/h8,16-18,22H,4-7,9-14H2,1-3H3/t16-,17+,18+,19+,20+,21-/m1/s1. The van der Waals surface area contributed by atoms with Gasteiger partial charge in [0.05, 0.1) is 5.60 Å². The van der Waals surface area contributed by atoms with Crippen molar-refractivity contribution in [1.29, 1.82) is 0 Å². The molecule has 1 heteroatoms. The number of hydrogen-bond donors (Lipinski definition) is 1. The number of hydrogen-bond acceptors (Lipinski definition) is 1. The first-order chi connectivity index (χ1) is 10.4. The summed E-state index contributed by atoms with van der Waals surface area (Å²) in [6, 6.07) is 0. The Kier molecular flexibility index (Phi) is 3.36. The van der Waals surface area contributed by atoms with Crippen molar-refractivity contribution in [2.24, 2.45) is 28.6 Å². The molecule has 0 amide bonds. The first-order valence-corrected chi connectivity index (χ1v) is 9.86. The molecule has 0 bridgehead atoms. The molecule has 0 aromatic rings. The van der Waals surface area contributed by atoms with E-state index in [1.54, 1.807) is 5.57 Å². The van der Waals surface area contributed by atoms with Crippen LogP contribution in [0.4, 0.5) is 0 Å². The maximum atomic E-state index is 11.2. The molecule has 1 nitrogen and oxygen atoms in total.